The zero-order chi connectivity index (χ0) is 13.4. The fourth-order valence-electron chi connectivity index (χ4n) is 2.19. The van der Waals surface area contributed by atoms with E-state index in [-0.39, 0.29) is 11.9 Å². The van der Waals surface area contributed by atoms with Crippen LogP contribution in [-0.2, 0) is 4.79 Å². The highest BCUT2D eigenvalue weighted by Crippen LogP contribution is 2.14. The van der Waals surface area contributed by atoms with Gasteiger partial charge in [0, 0.05) is 12.6 Å². The summed E-state index contributed by atoms with van der Waals surface area (Å²) in [6.45, 7) is 11.5. The minimum Gasteiger partial charge on any atom is -0.338 e. The number of rotatable bonds is 8. The average molecular weight is 242 g/mol. The van der Waals surface area contributed by atoms with E-state index < -0.39 is 0 Å². The molecule has 17 heavy (non-hydrogen) atoms. The molecule has 0 aromatic heterocycles. The van der Waals surface area contributed by atoms with Crippen LogP contribution in [-0.4, -0.2) is 29.4 Å². The van der Waals surface area contributed by atoms with Gasteiger partial charge in [-0.2, -0.15) is 0 Å². The van der Waals surface area contributed by atoms with E-state index in [9.17, 15) is 4.79 Å². The molecule has 0 bridgehead atoms. The van der Waals surface area contributed by atoms with Crippen LogP contribution in [0.4, 0.5) is 0 Å². The maximum absolute atomic E-state index is 12.3. The van der Waals surface area contributed by atoms with E-state index in [1.54, 1.807) is 0 Å². The van der Waals surface area contributed by atoms with Gasteiger partial charge in [-0.3, -0.25) is 4.79 Å². The third kappa shape index (κ3) is 5.53. The fraction of sp³-hybridized carbons (Fsp3) is 0.929. The molecule has 0 rings (SSSR count). The predicted molar refractivity (Wildman–Crippen MR) is 73.8 cm³/mol. The van der Waals surface area contributed by atoms with Crippen LogP contribution in [0.1, 0.15) is 60.3 Å². The summed E-state index contributed by atoms with van der Waals surface area (Å²) in [7, 11) is 0. The molecule has 0 unspecified atom stereocenters. The molecular weight excluding hydrogens is 212 g/mol. The normalized spacial score (nSPS) is 13.2. The van der Waals surface area contributed by atoms with Gasteiger partial charge < -0.3 is 10.6 Å². The number of amides is 1. The van der Waals surface area contributed by atoms with Crippen LogP contribution >= 0.6 is 0 Å². The Morgan fingerprint density at radius 2 is 1.71 bits per heavy atom. The van der Waals surface area contributed by atoms with E-state index in [1.165, 1.54) is 0 Å². The van der Waals surface area contributed by atoms with Gasteiger partial charge in [0.2, 0.25) is 5.91 Å². The molecule has 0 aromatic carbocycles. The van der Waals surface area contributed by atoms with Crippen molar-refractivity contribution in [2.75, 3.05) is 6.54 Å². The molecule has 3 nitrogen and oxygen atoms in total. The van der Waals surface area contributed by atoms with Crippen molar-refractivity contribution in [1.29, 1.82) is 0 Å². The number of carbonyl (C=O) groups is 1. The molecule has 0 aromatic rings. The Bertz CT molecular complexity index is 212. The maximum Gasteiger partial charge on any atom is 0.239 e. The first-order valence-corrected chi connectivity index (χ1v) is 7.03. The van der Waals surface area contributed by atoms with Crippen molar-refractivity contribution in [3.8, 4) is 0 Å². The predicted octanol–water partition coefficient (Wildman–Crippen LogP) is 2.79. The first-order valence-electron chi connectivity index (χ1n) is 7.03. The first kappa shape index (κ1) is 16.4. The lowest BCUT2D eigenvalue weighted by Gasteiger charge is -2.34. The van der Waals surface area contributed by atoms with Crippen molar-refractivity contribution in [1.82, 2.24) is 4.90 Å². The van der Waals surface area contributed by atoms with E-state index in [4.69, 9.17) is 5.73 Å². The summed E-state index contributed by atoms with van der Waals surface area (Å²) in [4.78, 5) is 14.3. The monoisotopic (exact) mass is 242 g/mol. The van der Waals surface area contributed by atoms with Crippen LogP contribution < -0.4 is 5.73 Å². The second-order valence-corrected chi connectivity index (χ2v) is 5.25. The molecule has 102 valence electrons. The highest BCUT2D eigenvalue weighted by molar-refractivity contribution is 5.81. The van der Waals surface area contributed by atoms with Crippen molar-refractivity contribution >= 4 is 5.91 Å². The Hall–Kier alpha value is -0.570. The third-order valence-corrected chi connectivity index (χ3v) is 3.15. The van der Waals surface area contributed by atoms with E-state index in [2.05, 4.69) is 34.6 Å². The Labute approximate surface area is 107 Å². The van der Waals surface area contributed by atoms with E-state index in [0.717, 1.165) is 32.2 Å². The van der Waals surface area contributed by atoms with Gasteiger partial charge in [0.15, 0.2) is 0 Å². The number of hydrogen-bond donors (Lipinski definition) is 1. The smallest absolute Gasteiger partial charge is 0.239 e. The van der Waals surface area contributed by atoms with E-state index in [1.807, 2.05) is 4.90 Å². The molecule has 0 saturated heterocycles. The zero-order valence-electron chi connectivity index (χ0n) is 12.2. The van der Waals surface area contributed by atoms with Crippen molar-refractivity contribution < 1.29 is 4.79 Å². The molecule has 0 aliphatic heterocycles. The summed E-state index contributed by atoms with van der Waals surface area (Å²) >= 11 is 0. The largest absolute Gasteiger partial charge is 0.338 e. The summed E-state index contributed by atoms with van der Waals surface area (Å²) in [5, 5.41) is 0. The Morgan fingerprint density at radius 1 is 1.18 bits per heavy atom. The minimum atomic E-state index is -0.320. The highest BCUT2D eigenvalue weighted by Gasteiger charge is 2.25. The average Bonchev–Trinajstić information content (AvgIpc) is 2.28. The van der Waals surface area contributed by atoms with Crippen molar-refractivity contribution in [2.24, 2.45) is 11.7 Å². The van der Waals surface area contributed by atoms with Gasteiger partial charge in [0.1, 0.15) is 0 Å². The summed E-state index contributed by atoms with van der Waals surface area (Å²) in [6, 6.07) is 0.0205. The summed E-state index contributed by atoms with van der Waals surface area (Å²) < 4.78 is 0. The lowest BCUT2D eigenvalue weighted by atomic mass is 10.0. The minimum absolute atomic E-state index is 0.134. The molecular formula is C14H30N2O. The zero-order valence-corrected chi connectivity index (χ0v) is 12.2. The van der Waals surface area contributed by atoms with E-state index in [0.29, 0.717) is 12.0 Å². The number of nitrogens with two attached hydrogens (primary N) is 1. The van der Waals surface area contributed by atoms with Gasteiger partial charge in [0.05, 0.1) is 6.04 Å². The third-order valence-electron chi connectivity index (χ3n) is 3.15. The van der Waals surface area contributed by atoms with Gasteiger partial charge in [-0.25, -0.2) is 0 Å². The quantitative estimate of drug-likeness (QED) is 0.711. The number of nitrogens with zero attached hydrogens (tertiary/aromatic N) is 1. The molecule has 1 atom stereocenters. The second-order valence-electron chi connectivity index (χ2n) is 5.25. The Balaban J connectivity index is 4.71. The molecule has 0 radical (unpaired) electrons. The van der Waals surface area contributed by atoms with E-state index >= 15 is 0 Å². The maximum atomic E-state index is 12.3. The molecule has 0 heterocycles. The van der Waals surface area contributed by atoms with Gasteiger partial charge in [-0.1, -0.05) is 41.0 Å². The second kappa shape index (κ2) is 8.51. The standard InChI is InChI=1S/C14H30N2O/c1-6-9-13(15)14(17)16(10-11(4)5)12(7-2)8-3/h11-13H,6-10,15H2,1-5H3/t13-/m1/s1. The topological polar surface area (TPSA) is 46.3 Å². The molecule has 0 saturated carbocycles. The van der Waals surface area contributed by atoms with Gasteiger partial charge in [0.25, 0.3) is 0 Å². The Morgan fingerprint density at radius 3 is 2.06 bits per heavy atom. The number of carbonyl (C=O) groups excluding carboxylic acids is 1. The fourth-order valence-corrected chi connectivity index (χ4v) is 2.19. The molecule has 2 N–H and O–H groups in total. The lowest BCUT2D eigenvalue weighted by molar-refractivity contribution is -0.136. The Kier molecular flexibility index (Phi) is 8.23. The highest BCUT2D eigenvalue weighted by atomic mass is 16.2. The summed E-state index contributed by atoms with van der Waals surface area (Å²) in [5.41, 5.74) is 5.96. The van der Waals surface area contributed by atoms with Crippen LogP contribution in [0.15, 0.2) is 0 Å². The summed E-state index contributed by atoms with van der Waals surface area (Å²) in [5.74, 6) is 0.627. The molecule has 1 amide bonds. The van der Waals surface area contributed by atoms with Gasteiger partial charge >= 0.3 is 0 Å². The SMILES string of the molecule is CCC[C@@H](N)C(=O)N(CC(C)C)C(CC)CC. The summed E-state index contributed by atoms with van der Waals surface area (Å²) in [6.07, 6.45) is 3.76. The van der Waals surface area contributed by atoms with Crippen molar-refractivity contribution in [2.45, 2.75) is 72.4 Å². The molecule has 0 spiro atoms. The van der Waals surface area contributed by atoms with Crippen LogP contribution in [0.25, 0.3) is 0 Å². The first-order chi connectivity index (χ1) is 7.97. The van der Waals surface area contributed by atoms with Crippen molar-refractivity contribution in [3.63, 3.8) is 0 Å². The number of hydrogen-bond acceptors (Lipinski definition) is 2. The van der Waals surface area contributed by atoms with Crippen molar-refractivity contribution in [3.05, 3.63) is 0 Å². The molecule has 3 heteroatoms. The lowest BCUT2D eigenvalue weighted by Crippen LogP contribution is -2.49. The van der Waals surface area contributed by atoms with Gasteiger partial charge in [-0.05, 0) is 25.2 Å². The molecule has 0 fully saturated rings. The molecule has 0 aliphatic carbocycles. The molecule has 0 aliphatic rings. The van der Waals surface area contributed by atoms with Crippen LogP contribution in [0.2, 0.25) is 0 Å². The van der Waals surface area contributed by atoms with Crippen LogP contribution in [0.3, 0.4) is 0 Å². The van der Waals surface area contributed by atoms with Gasteiger partial charge in [-0.15, -0.1) is 0 Å². The van der Waals surface area contributed by atoms with Crippen LogP contribution in [0, 0.1) is 5.92 Å². The van der Waals surface area contributed by atoms with Crippen LogP contribution in [0.5, 0.6) is 0 Å².